The molecule has 2 atom stereocenters. The zero-order chi connectivity index (χ0) is 12.6. The fourth-order valence-electron chi connectivity index (χ4n) is 2.31. The summed E-state index contributed by atoms with van der Waals surface area (Å²) in [5, 5.41) is 5.27. The Bertz CT molecular complexity index is 510. The highest BCUT2D eigenvalue weighted by Crippen LogP contribution is 2.33. The zero-order valence-corrected chi connectivity index (χ0v) is 11.3. The van der Waals surface area contributed by atoms with Crippen molar-refractivity contribution in [3.8, 4) is 0 Å². The van der Waals surface area contributed by atoms with Crippen molar-refractivity contribution in [2.24, 2.45) is 13.0 Å². The van der Waals surface area contributed by atoms with E-state index in [9.17, 15) is 0 Å². The number of fused-ring (bicyclic) bond motifs is 1. The molecule has 2 unspecified atom stereocenters. The molecule has 0 aromatic carbocycles. The van der Waals surface area contributed by atoms with Crippen LogP contribution in [0.15, 0.2) is 12.5 Å². The predicted molar refractivity (Wildman–Crippen MR) is 69.2 cm³/mol. The third kappa shape index (κ3) is 2.14. The molecule has 92 valence electrons. The number of aromatic nitrogens is 4. The monoisotopic (exact) mass is 252 g/mol. The van der Waals surface area contributed by atoms with Gasteiger partial charge in [-0.05, 0) is 12.8 Å². The van der Waals surface area contributed by atoms with E-state index in [0.29, 0.717) is 5.92 Å². The molecule has 2 aromatic rings. The maximum absolute atomic E-state index is 6.29. The van der Waals surface area contributed by atoms with Gasteiger partial charge in [0.1, 0.15) is 6.33 Å². The average molecular weight is 253 g/mol. The van der Waals surface area contributed by atoms with Crippen molar-refractivity contribution in [1.82, 2.24) is 19.7 Å². The Labute approximate surface area is 106 Å². The van der Waals surface area contributed by atoms with Crippen molar-refractivity contribution in [2.75, 3.05) is 0 Å². The Morgan fingerprint density at radius 3 is 2.53 bits per heavy atom. The van der Waals surface area contributed by atoms with Gasteiger partial charge in [-0.3, -0.25) is 4.68 Å². The van der Waals surface area contributed by atoms with Crippen LogP contribution in [0.25, 0.3) is 11.0 Å². The number of nitrogens with zero attached hydrogens (tertiary/aromatic N) is 4. The van der Waals surface area contributed by atoms with E-state index in [2.05, 4.69) is 28.9 Å². The summed E-state index contributed by atoms with van der Waals surface area (Å²) in [6, 6.07) is 0. The smallest absolute Gasteiger partial charge is 0.161 e. The van der Waals surface area contributed by atoms with E-state index < -0.39 is 0 Å². The van der Waals surface area contributed by atoms with Gasteiger partial charge in [0.2, 0.25) is 0 Å². The molecular formula is C12H17ClN4. The van der Waals surface area contributed by atoms with Gasteiger partial charge in [0, 0.05) is 18.3 Å². The largest absolute Gasteiger partial charge is 0.250 e. The summed E-state index contributed by atoms with van der Waals surface area (Å²) in [5.41, 5.74) is 1.86. The van der Waals surface area contributed by atoms with Gasteiger partial charge in [0.15, 0.2) is 5.65 Å². The van der Waals surface area contributed by atoms with E-state index in [1.165, 1.54) is 0 Å². The maximum atomic E-state index is 6.29. The van der Waals surface area contributed by atoms with Gasteiger partial charge in [-0.25, -0.2) is 9.97 Å². The molecule has 0 spiro atoms. The highest BCUT2D eigenvalue weighted by atomic mass is 35.5. The van der Waals surface area contributed by atoms with Crippen LogP contribution in [0.1, 0.15) is 32.4 Å². The number of aryl methyl sites for hydroxylation is 1. The number of alkyl halides is 1. The molecule has 4 nitrogen and oxygen atoms in total. The third-order valence-electron chi connectivity index (χ3n) is 3.09. The molecule has 0 bridgehead atoms. The maximum Gasteiger partial charge on any atom is 0.161 e. The summed E-state index contributed by atoms with van der Waals surface area (Å²) in [6.45, 7) is 6.33. The molecule has 0 saturated heterocycles. The first-order chi connectivity index (χ1) is 8.02. The van der Waals surface area contributed by atoms with Crippen LogP contribution in [0.5, 0.6) is 0 Å². The lowest BCUT2D eigenvalue weighted by Gasteiger charge is -2.23. The fraction of sp³-hybridized carbons (Fsp3) is 0.583. The second-order valence-electron chi connectivity index (χ2n) is 4.71. The molecule has 2 aromatic heterocycles. The lowest BCUT2D eigenvalue weighted by atomic mass is 9.88. The van der Waals surface area contributed by atoms with Crippen LogP contribution in [-0.2, 0) is 7.05 Å². The van der Waals surface area contributed by atoms with Crippen molar-refractivity contribution < 1.29 is 0 Å². The van der Waals surface area contributed by atoms with Gasteiger partial charge < -0.3 is 0 Å². The summed E-state index contributed by atoms with van der Waals surface area (Å²) >= 11 is 6.29. The van der Waals surface area contributed by atoms with Crippen molar-refractivity contribution in [2.45, 2.75) is 32.1 Å². The average Bonchev–Trinajstić information content (AvgIpc) is 2.61. The topological polar surface area (TPSA) is 43.6 Å². The van der Waals surface area contributed by atoms with Crippen LogP contribution in [0.3, 0.4) is 0 Å². The van der Waals surface area contributed by atoms with Crippen molar-refractivity contribution >= 4 is 22.6 Å². The first-order valence-corrected chi connectivity index (χ1v) is 6.22. The Balaban J connectivity index is 2.61. The van der Waals surface area contributed by atoms with Crippen LogP contribution in [-0.4, -0.2) is 25.1 Å². The molecule has 2 heterocycles. The van der Waals surface area contributed by atoms with Crippen LogP contribution in [0.4, 0.5) is 0 Å². The van der Waals surface area contributed by atoms with Crippen molar-refractivity contribution in [3.63, 3.8) is 0 Å². The van der Waals surface area contributed by atoms with Crippen LogP contribution >= 0.6 is 11.6 Å². The number of halogens is 1. The van der Waals surface area contributed by atoms with Gasteiger partial charge in [-0.15, -0.1) is 11.6 Å². The van der Waals surface area contributed by atoms with Crippen LogP contribution < -0.4 is 0 Å². The summed E-state index contributed by atoms with van der Waals surface area (Å²) in [5.74, 6) is 0.646. The van der Waals surface area contributed by atoms with E-state index in [4.69, 9.17) is 11.6 Å². The normalized spacial score (nSPS) is 15.4. The molecule has 0 aliphatic carbocycles. The summed E-state index contributed by atoms with van der Waals surface area (Å²) < 4.78 is 1.76. The highest BCUT2D eigenvalue weighted by molar-refractivity contribution is 6.21. The molecule has 0 aliphatic heterocycles. The predicted octanol–water partition coefficient (Wildman–Crippen LogP) is 2.73. The van der Waals surface area contributed by atoms with Gasteiger partial charge in [-0.2, -0.15) is 5.10 Å². The second-order valence-corrected chi connectivity index (χ2v) is 5.40. The molecule has 0 aliphatic rings. The van der Waals surface area contributed by atoms with E-state index >= 15 is 0 Å². The fourth-order valence-corrected chi connectivity index (χ4v) is 2.72. The van der Waals surface area contributed by atoms with Gasteiger partial charge in [-0.1, -0.05) is 13.8 Å². The van der Waals surface area contributed by atoms with E-state index in [0.717, 1.165) is 16.7 Å². The minimum Gasteiger partial charge on any atom is -0.250 e. The summed E-state index contributed by atoms with van der Waals surface area (Å²) in [6.07, 6.45) is 3.41. The molecule has 17 heavy (non-hydrogen) atoms. The van der Waals surface area contributed by atoms with Crippen LogP contribution in [0, 0.1) is 5.92 Å². The summed E-state index contributed by atoms with van der Waals surface area (Å²) in [7, 11) is 1.88. The Kier molecular flexibility index (Phi) is 3.33. The SMILES string of the molecule is CC(C)C(c1ncnc2c1cnn2C)C(C)Cl. The number of hydrogen-bond donors (Lipinski definition) is 0. The standard InChI is InChI=1S/C12H17ClN4/c1-7(2)10(8(3)13)11-9-5-16-17(4)12(9)15-6-14-11/h5-8,10H,1-4H3. The zero-order valence-electron chi connectivity index (χ0n) is 10.6. The van der Waals surface area contributed by atoms with Gasteiger partial charge in [0.25, 0.3) is 0 Å². The first-order valence-electron chi connectivity index (χ1n) is 5.79. The van der Waals surface area contributed by atoms with E-state index in [-0.39, 0.29) is 11.3 Å². The van der Waals surface area contributed by atoms with E-state index in [1.54, 1.807) is 11.0 Å². The Morgan fingerprint density at radius 2 is 1.94 bits per heavy atom. The van der Waals surface area contributed by atoms with Gasteiger partial charge in [0.05, 0.1) is 17.3 Å². The molecule has 0 radical (unpaired) electrons. The van der Waals surface area contributed by atoms with Crippen molar-refractivity contribution in [1.29, 1.82) is 0 Å². The highest BCUT2D eigenvalue weighted by Gasteiger charge is 2.25. The van der Waals surface area contributed by atoms with Crippen LogP contribution in [0.2, 0.25) is 0 Å². The minimum atomic E-state index is 0.0355. The third-order valence-corrected chi connectivity index (χ3v) is 3.36. The molecule has 2 rings (SSSR count). The summed E-state index contributed by atoms with van der Waals surface area (Å²) in [4.78, 5) is 8.66. The lowest BCUT2D eigenvalue weighted by molar-refractivity contribution is 0.483. The molecule has 0 fully saturated rings. The van der Waals surface area contributed by atoms with Crippen molar-refractivity contribution in [3.05, 3.63) is 18.2 Å². The Hall–Kier alpha value is -1.16. The quantitative estimate of drug-likeness (QED) is 0.789. The Morgan fingerprint density at radius 1 is 1.24 bits per heavy atom. The molecule has 0 amide bonds. The molecular weight excluding hydrogens is 236 g/mol. The molecule has 0 saturated carbocycles. The number of hydrogen-bond acceptors (Lipinski definition) is 3. The lowest BCUT2D eigenvalue weighted by Crippen LogP contribution is -2.17. The van der Waals surface area contributed by atoms with Gasteiger partial charge >= 0.3 is 0 Å². The minimum absolute atomic E-state index is 0.0355. The second kappa shape index (κ2) is 4.61. The molecule has 5 heteroatoms. The number of rotatable bonds is 3. The molecule has 0 N–H and O–H groups in total. The first kappa shape index (κ1) is 12.3. The van der Waals surface area contributed by atoms with E-state index in [1.807, 2.05) is 20.2 Å².